The summed E-state index contributed by atoms with van der Waals surface area (Å²) in [7, 11) is 0. The molecule has 1 atom stereocenters. The first-order chi connectivity index (χ1) is 10.7. The smallest absolute Gasteiger partial charge is 0.0685 e. The third-order valence-corrected chi connectivity index (χ3v) is 4.44. The van der Waals surface area contributed by atoms with Crippen LogP contribution in [0.15, 0.2) is 36.5 Å². The summed E-state index contributed by atoms with van der Waals surface area (Å²) in [6.45, 7) is 10.3. The van der Waals surface area contributed by atoms with Crippen molar-refractivity contribution in [2.24, 2.45) is 0 Å². The molecule has 1 aromatic carbocycles. The van der Waals surface area contributed by atoms with Gasteiger partial charge in [0.05, 0.1) is 18.9 Å². The number of benzene rings is 1. The summed E-state index contributed by atoms with van der Waals surface area (Å²) in [6, 6.07) is 11.8. The van der Waals surface area contributed by atoms with E-state index in [0.29, 0.717) is 12.1 Å². The van der Waals surface area contributed by atoms with Gasteiger partial charge in [-0.2, -0.15) is 5.10 Å². The van der Waals surface area contributed by atoms with E-state index in [1.54, 1.807) is 0 Å². The van der Waals surface area contributed by atoms with Gasteiger partial charge in [-0.05, 0) is 38.0 Å². The van der Waals surface area contributed by atoms with Crippen molar-refractivity contribution < 1.29 is 4.74 Å². The van der Waals surface area contributed by atoms with E-state index in [4.69, 9.17) is 4.74 Å². The van der Waals surface area contributed by atoms with E-state index >= 15 is 0 Å². The van der Waals surface area contributed by atoms with E-state index in [2.05, 4.69) is 65.8 Å². The number of nitrogens with zero attached hydrogens (tertiary/aromatic N) is 3. The molecule has 4 nitrogen and oxygen atoms in total. The molecule has 3 rings (SSSR count). The van der Waals surface area contributed by atoms with Crippen molar-refractivity contribution in [3.63, 3.8) is 0 Å². The maximum absolute atomic E-state index is 5.44. The monoisotopic (exact) mass is 299 g/mol. The largest absolute Gasteiger partial charge is 0.379 e. The molecule has 0 unspecified atom stereocenters. The number of hydrogen-bond donors (Lipinski definition) is 0. The lowest BCUT2D eigenvalue weighted by atomic mass is 10.0. The van der Waals surface area contributed by atoms with E-state index in [9.17, 15) is 0 Å². The highest BCUT2D eigenvalue weighted by atomic mass is 16.5. The molecule has 4 heteroatoms. The van der Waals surface area contributed by atoms with Crippen molar-refractivity contribution in [1.82, 2.24) is 14.7 Å². The summed E-state index contributed by atoms with van der Waals surface area (Å²) in [5, 5.41) is 4.42. The molecule has 1 fully saturated rings. The van der Waals surface area contributed by atoms with Gasteiger partial charge in [0.15, 0.2) is 0 Å². The molecule has 0 aliphatic carbocycles. The van der Waals surface area contributed by atoms with Crippen LogP contribution in [0.3, 0.4) is 0 Å². The summed E-state index contributed by atoms with van der Waals surface area (Å²) in [5.74, 6) is 0. The number of morpholine rings is 1. The van der Waals surface area contributed by atoms with Crippen LogP contribution in [0.25, 0.3) is 11.3 Å². The van der Waals surface area contributed by atoms with E-state index in [-0.39, 0.29) is 0 Å². The third-order valence-electron chi connectivity index (χ3n) is 4.44. The maximum atomic E-state index is 5.44. The molecule has 1 aliphatic heterocycles. The minimum atomic E-state index is 0.372. The van der Waals surface area contributed by atoms with Gasteiger partial charge in [0.25, 0.3) is 0 Å². The van der Waals surface area contributed by atoms with Gasteiger partial charge in [0.1, 0.15) is 0 Å². The van der Waals surface area contributed by atoms with E-state index in [1.165, 1.54) is 16.8 Å². The highest BCUT2D eigenvalue weighted by Gasteiger charge is 2.18. The van der Waals surface area contributed by atoms with E-state index < -0.39 is 0 Å². The van der Waals surface area contributed by atoms with Crippen molar-refractivity contribution in [3.05, 3.63) is 42.1 Å². The number of rotatable bonds is 4. The topological polar surface area (TPSA) is 30.3 Å². The Morgan fingerprint density at radius 3 is 2.32 bits per heavy atom. The predicted octanol–water partition coefficient (Wildman–Crippen LogP) is 3.52. The van der Waals surface area contributed by atoms with Crippen LogP contribution in [0.5, 0.6) is 0 Å². The second-order valence-corrected chi connectivity index (χ2v) is 6.20. The molecule has 0 radical (unpaired) electrons. The average molecular weight is 299 g/mol. The minimum Gasteiger partial charge on any atom is -0.379 e. The molecule has 2 aromatic rings. The lowest BCUT2D eigenvalue weighted by molar-refractivity contribution is 0.0198. The Kier molecular flexibility index (Phi) is 4.60. The first-order valence-electron chi connectivity index (χ1n) is 8.12. The van der Waals surface area contributed by atoms with Gasteiger partial charge < -0.3 is 4.74 Å². The molecule has 0 bridgehead atoms. The molecule has 22 heavy (non-hydrogen) atoms. The Labute approximate surface area is 132 Å². The van der Waals surface area contributed by atoms with Gasteiger partial charge in [0.2, 0.25) is 0 Å². The van der Waals surface area contributed by atoms with Gasteiger partial charge >= 0.3 is 0 Å². The number of hydrogen-bond acceptors (Lipinski definition) is 3. The Bertz CT molecular complexity index is 597. The SMILES string of the molecule is CC(C)n1nccc1-c1ccc([C@@H](C)N2CCOCC2)cc1. The van der Waals surface area contributed by atoms with Gasteiger partial charge in [-0.3, -0.25) is 9.58 Å². The molecule has 0 amide bonds. The molecule has 2 heterocycles. The molecule has 1 saturated heterocycles. The van der Waals surface area contributed by atoms with Crippen LogP contribution < -0.4 is 0 Å². The van der Waals surface area contributed by atoms with Crippen molar-refractivity contribution in [2.75, 3.05) is 26.3 Å². The fraction of sp³-hybridized carbons (Fsp3) is 0.500. The van der Waals surface area contributed by atoms with Crippen LogP contribution in [0.4, 0.5) is 0 Å². The molecule has 0 N–H and O–H groups in total. The number of ether oxygens (including phenoxy) is 1. The van der Waals surface area contributed by atoms with Crippen molar-refractivity contribution in [1.29, 1.82) is 0 Å². The highest BCUT2D eigenvalue weighted by Crippen LogP contribution is 2.26. The summed E-state index contributed by atoms with van der Waals surface area (Å²) in [4.78, 5) is 2.48. The van der Waals surface area contributed by atoms with E-state index in [0.717, 1.165) is 26.3 Å². The minimum absolute atomic E-state index is 0.372. The quantitative estimate of drug-likeness (QED) is 0.865. The normalized spacial score (nSPS) is 17.8. The fourth-order valence-electron chi connectivity index (χ4n) is 3.06. The lowest BCUT2D eigenvalue weighted by Crippen LogP contribution is -2.37. The average Bonchev–Trinajstić information content (AvgIpc) is 3.05. The van der Waals surface area contributed by atoms with Crippen LogP contribution in [-0.4, -0.2) is 41.0 Å². The van der Waals surface area contributed by atoms with Crippen LogP contribution in [-0.2, 0) is 4.74 Å². The van der Waals surface area contributed by atoms with Gasteiger partial charge in [-0.25, -0.2) is 0 Å². The molecule has 0 saturated carbocycles. The van der Waals surface area contributed by atoms with Crippen LogP contribution in [0.2, 0.25) is 0 Å². The van der Waals surface area contributed by atoms with Crippen LogP contribution in [0.1, 0.15) is 38.4 Å². The van der Waals surface area contributed by atoms with Crippen molar-refractivity contribution in [2.45, 2.75) is 32.9 Å². The van der Waals surface area contributed by atoms with Crippen LogP contribution in [0, 0.1) is 0 Å². The molecule has 0 spiro atoms. The maximum Gasteiger partial charge on any atom is 0.0685 e. The predicted molar refractivity (Wildman–Crippen MR) is 88.9 cm³/mol. The summed E-state index contributed by atoms with van der Waals surface area (Å²) in [5.41, 5.74) is 3.77. The van der Waals surface area contributed by atoms with Gasteiger partial charge in [0, 0.05) is 31.4 Å². The first kappa shape index (κ1) is 15.3. The standard InChI is InChI=1S/C18H25N3O/c1-14(2)21-18(8-9-19-21)17-6-4-16(5-7-17)15(3)20-10-12-22-13-11-20/h4-9,14-15H,10-13H2,1-3H3/t15-/m1/s1. The van der Waals surface area contributed by atoms with Crippen LogP contribution >= 0.6 is 0 Å². The van der Waals surface area contributed by atoms with E-state index in [1.807, 2.05) is 6.20 Å². The Hall–Kier alpha value is -1.65. The zero-order valence-corrected chi connectivity index (χ0v) is 13.7. The first-order valence-corrected chi connectivity index (χ1v) is 8.12. The second kappa shape index (κ2) is 6.63. The zero-order chi connectivity index (χ0) is 15.5. The summed E-state index contributed by atoms with van der Waals surface area (Å²) >= 11 is 0. The molecular weight excluding hydrogens is 274 g/mol. The Morgan fingerprint density at radius 2 is 1.68 bits per heavy atom. The third kappa shape index (κ3) is 3.08. The second-order valence-electron chi connectivity index (χ2n) is 6.20. The zero-order valence-electron chi connectivity index (χ0n) is 13.7. The molecule has 1 aliphatic rings. The summed E-state index contributed by atoms with van der Waals surface area (Å²) < 4.78 is 7.51. The number of aromatic nitrogens is 2. The van der Waals surface area contributed by atoms with Gasteiger partial charge in [-0.1, -0.05) is 24.3 Å². The molecular formula is C18H25N3O. The van der Waals surface area contributed by atoms with Crippen molar-refractivity contribution in [3.8, 4) is 11.3 Å². The van der Waals surface area contributed by atoms with Crippen molar-refractivity contribution >= 4 is 0 Å². The summed E-state index contributed by atoms with van der Waals surface area (Å²) in [6.07, 6.45) is 1.87. The molecule has 1 aromatic heterocycles. The fourth-order valence-corrected chi connectivity index (χ4v) is 3.06. The molecule has 118 valence electrons. The Balaban J connectivity index is 1.78. The highest BCUT2D eigenvalue weighted by molar-refractivity contribution is 5.59. The Morgan fingerprint density at radius 1 is 1.00 bits per heavy atom. The lowest BCUT2D eigenvalue weighted by Gasteiger charge is -2.32. The van der Waals surface area contributed by atoms with Gasteiger partial charge in [-0.15, -0.1) is 0 Å².